The summed E-state index contributed by atoms with van der Waals surface area (Å²) >= 11 is 0. The van der Waals surface area contributed by atoms with Gasteiger partial charge in [0.2, 0.25) is 0 Å². The van der Waals surface area contributed by atoms with Gasteiger partial charge < -0.3 is 4.57 Å². The van der Waals surface area contributed by atoms with E-state index in [9.17, 15) is 0 Å². The third kappa shape index (κ3) is 4.66. The normalized spacial score (nSPS) is 11.8. The van der Waals surface area contributed by atoms with E-state index in [1.165, 1.54) is 44.0 Å². The average molecular weight is 675 g/mol. The Hall–Kier alpha value is -7.17. The quantitative estimate of drug-likeness (QED) is 0.182. The van der Waals surface area contributed by atoms with Gasteiger partial charge in [-0.3, -0.25) is 0 Å². The van der Waals surface area contributed by atoms with Crippen LogP contribution in [0, 0.1) is 0 Å². The number of fused-ring (bicyclic) bond motifs is 6. The molecular weight excluding hydrogens is 645 g/mol. The van der Waals surface area contributed by atoms with E-state index in [0.29, 0.717) is 17.5 Å². The summed E-state index contributed by atoms with van der Waals surface area (Å²) in [6, 6.07) is 64.4. The van der Waals surface area contributed by atoms with Crippen LogP contribution in [-0.2, 0) is 0 Å². The summed E-state index contributed by atoms with van der Waals surface area (Å²) in [7, 11) is 0. The fourth-order valence-corrected chi connectivity index (χ4v) is 8.21. The molecule has 246 valence electrons. The Labute approximate surface area is 306 Å². The van der Waals surface area contributed by atoms with Gasteiger partial charge in [-0.1, -0.05) is 133 Å². The van der Waals surface area contributed by atoms with E-state index in [1.807, 2.05) is 18.2 Å². The van der Waals surface area contributed by atoms with Gasteiger partial charge in [0.1, 0.15) is 0 Å². The van der Waals surface area contributed by atoms with Gasteiger partial charge in [0.15, 0.2) is 17.5 Å². The molecule has 4 heteroatoms. The van der Waals surface area contributed by atoms with Gasteiger partial charge in [0.25, 0.3) is 0 Å². The van der Waals surface area contributed by atoms with Crippen molar-refractivity contribution in [2.45, 2.75) is 0 Å². The average Bonchev–Trinajstić information content (AvgIpc) is 3.75. The van der Waals surface area contributed by atoms with Gasteiger partial charge >= 0.3 is 0 Å². The van der Waals surface area contributed by atoms with E-state index in [2.05, 4.69) is 168 Å². The standard InChI is InChI=1S/C49H30N4/c1-4-14-31(15-5-1)40-29-35(30-42-38-23-12-18-32-19-13-24-39(45(32)38)46(40)42)49-51-47(33-16-6-2-7-17-33)50-48(52-49)34-26-27-44-41(28-34)37-22-10-11-25-43(37)53(44)36-20-8-3-9-21-36/h1-30H. The van der Waals surface area contributed by atoms with Crippen molar-refractivity contribution in [1.29, 1.82) is 0 Å². The van der Waals surface area contributed by atoms with Gasteiger partial charge in [-0.25, -0.2) is 15.0 Å². The molecule has 0 saturated carbocycles. The number of rotatable bonds is 5. The molecule has 0 saturated heterocycles. The number of nitrogens with zero attached hydrogens (tertiary/aromatic N) is 4. The fraction of sp³-hybridized carbons (Fsp3) is 0. The Morgan fingerprint density at radius 3 is 1.68 bits per heavy atom. The van der Waals surface area contributed by atoms with Crippen LogP contribution in [0.25, 0.3) is 106 Å². The maximum Gasteiger partial charge on any atom is 0.164 e. The van der Waals surface area contributed by atoms with E-state index in [0.717, 1.165) is 44.4 Å². The Bertz CT molecular complexity index is 3030. The van der Waals surface area contributed by atoms with Crippen molar-refractivity contribution in [3.63, 3.8) is 0 Å². The molecule has 0 aliphatic heterocycles. The number of para-hydroxylation sites is 2. The van der Waals surface area contributed by atoms with E-state index in [1.54, 1.807) is 0 Å². The first-order valence-corrected chi connectivity index (χ1v) is 18.0. The Kier molecular flexibility index (Phi) is 6.52. The van der Waals surface area contributed by atoms with Crippen LogP contribution in [0.1, 0.15) is 0 Å². The molecule has 0 spiro atoms. The van der Waals surface area contributed by atoms with E-state index < -0.39 is 0 Å². The number of hydrogen-bond donors (Lipinski definition) is 0. The molecule has 0 atom stereocenters. The zero-order valence-corrected chi connectivity index (χ0v) is 28.6. The second kappa shape index (κ2) is 11.7. The lowest BCUT2D eigenvalue weighted by molar-refractivity contribution is 1.07. The zero-order chi connectivity index (χ0) is 34.9. The monoisotopic (exact) mass is 674 g/mol. The highest BCUT2D eigenvalue weighted by atomic mass is 15.0. The van der Waals surface area contributed by atoms with Crippen LogP contribution in [0.3, 0.4) is 0 Å². The minimum Gasteiger partial charge on any atom is -0.309 e. The fourth-order valence-electron chi connectivity index (χ4n) is 8.21. The SMILES string of the molecule is c1ccc(-c2nc(-c3cc(-c4ccccc4)c4c(c3)-c3cccc5cccc-4c35)nc(-c3ccc4c(c3)c3ccccc3n4-c3ccccc3)n2)cc1. The van der Waals surface area contributed by atoms with Crippen molar-refractivity contribution in [2.75, 3.05) is 0 Å². The number of benzene rings is 8. The lowest BCUT2D eigenvalue weighted by atomic mass is 9.91. The molecule has 0 bridgehead atoms. The van der Waals surface area contributed by atoms with Crippen molar-refractivity contribution in [3.05, 3.63) is 182 Å². The first-order valence-electron chi connectivity index (χ1n) is 18.0. The summed E-state index contributed by atoms with van der Waals surface area (Å²) in [6.07, 6.45) is 0. The molecule has 1 aliphatic rings. The van der Waals surface area contributed by atoms with Crippen LogP contribution in [0.15, 0.2) is 182 Å². The maximum atomic E-state index is 5.28. The maximum absolute atomic E-state index is 5.28. The molecule has 10 aromatic rings. The van der Waals surface area contributed by atoms with Gasteiger partial charge in [-0.15, -0.1) is 0 Å². The highest BCUT2D eigenvalue weighted by Crippen LogP contribution is 2.52. The predicted molar refractivity (Wildman–Crippen MR) is 218 cm³/mol. The van der Waals surface area contributed by atoms with Crippen LogP contribution >= 0.6 is 0 Å². The first-order chi connectivity index (χ1) is 26.3. The Morgan fingerprint density at radius 2 is 0.925 bits per heavy atom. The molecule has 53 heavy (non-hydrogen) atoms. The molecular formula is C49H30N4. The van der Waals surface area contributed by atoms with Crippen molar-refractivity contribution in [2.24, 2.45) is 0 Å². The highest BCUT2D eigenvalue weighted by molar-refractivity contribution is 6.18. The van der Waals surface area contributed by atoms with Crippen molar-refractivity contribution < 1.29 is 0 Å². The lowest BCUT2D eigenvalue weighted by Gasteiger charge is -2.15. The molecule has 0 fully saturated rings. The zero-order valence-electron chi connectivity index (χ0n) is 28.6. The summed E-state index contributed by atoms with van der Waals surface area (Å²) in [4.78, 5) is 15.6. The van der Waals surface area contributed by atoms with Crippen LogP contribution in [0.2, 0.25) is 0 Å². The molecule has 0 radical (unpaired) electrons. The van der Waals surface area contributed by atoms with E-state index in [-0.39, 0.29) is 0 Å². The van der Waals surface area contributed by atoms with Gasteiger partial charge in [0.05, 0.1) is 11.0 Å². The molecule has 0 amide bonds. The molecule has 2 aromatic heterocycles. The number of hydrogen-bond acceptors (Lipinski definition) is 3. The smallest absolute Gasteiger partial charge is 0.164 e. The molecule has 0 unspecified atom stereocenters. The Morgan fingerprint density at radius 1 is 0.340 bits per heavy atom. The summed E-state index contributed by atoms with van der Waals surface area (Å²) in [6.45, 7) is 0. The summed E-state index contributed by atoms with van der Waals surface area (Å²) in [5.74, 6) is 1.92. The Balaban J connectivity index is 1.16. The van der Waals surface area contributed by atoms with Crippen LogP contribution in [0.5, 0.6) is 0 Å². The molecule has 4 nitrogen and oxygen atoms in total. The summed E-state index contributed by atoms with van der Waals surface area (Å²) in [5, 5.41) is 4.88. The number of aromatic nitrogens is 4. The molecule has 11 rings (SSSR count). The first kappa shape index (κ1) is 29.5. The van der Waals surface area contributed by atoms with Gasteiger partial charge in [-0.2, -0.15) is 0 Å². The highest BCUT2D eigenvalue weighted by Gasteiger charge is 2.26. The molecule has 2 heterocycles. The minimum atomic E-state index is 0.638. The molecule has 8 aromatic carbocycles. The van der Waals surface area contributed by atoms with Crippen molar-refractivity contribution in [1.82, 2.24) is 19.5 Å². The second-order valence-electron chi connectivity index (χ2n) is 13.6. The summed E-state index contributed by atoms with van der Waals surface area (Å²) < 4.78 is 2.33. The van der Waals surface area contributed by atoms with Gasteiger partial charge in [-0.05, 0) is 92.7 Å². The van der Waals surface area contributed by atoms with Crippen LogP contribution < -0.4 is 0 Å². The lowest BCUT2D eigenvalue weighted by Crippen LogP contribution is -2.01. The van der Waals surface area contributed by atoms with Crippen molar-refractivity contribution in [3.8, 4) is 73.2 Å². The third-order valence-corrected chi connectivity index (χ3v) is 10.6. The van der Waals surface area contributed by atoms with Crippen LogP contribution in [-0.4, -0.2) is 19.5 Å². The molecule has 0 N–H and O–H groups in total. The summed E-state index contributed by atoms with van der Waals surface area (Å²) in [5.41, 5.74) is 13.6. The van der Waals surface area contributed by atoms with Crippen LogP contribution in [0.4, 0.5) is 0 Å². The largest absolute Gasteiger partial charge is 0.309 e. The predicted octanol–water partition coefficient (Wildman–Crippen LogP) is 12.4. The van der Waals surface area contributed by atoms with E-state index >= 15 is 0 Å². The van der Waals surface area contributed by atoms with E-state index in [4.69, 9.17) is 15.0 Å². The third-order valence-electron chi connectivity index (χ3n) is 10.6. The molecule has 1 aliphatic carbocycles. The topological polar surface area (TPSA) is 43.6 Å². The van der Waals surface area contributed by atoms with Gasteiger partial charge in [0, 0.05) is 33.2 Å². The van der Waals surface area contributed by atoms with Crippen molar-refractivity contribution >= 4 is 32.6 Å². The second-order valence-corrected chi connectivity index (χ2v) is 13.6. The minimum absolute atomic E-state index is 0.638.